The number of nitrogens with one attached hydrogen (secondary N) is 1. The lowest BCUT2D eigenvalue weighted by molar-refractivity contribution is -0.391. The number of carbonyl (C=O) groups excluding carboxylic acids is 1. The van der Waals surface area contributed by atoms with Gasteiger partial charge in [0, 0.05) is 0 Å². The van der Waals surface area contributed by atoms with Crippen LogP contribution in [0.4, 0.5) is 5.82 Å². The van der Waals surface area contributed by atoms with E-state index >= 15 is 0 Å². The lowest BCUT2D eigenvalue weighted by Gasteiger charge is -2.14. The van der Waals surface area contributed by atoms with E-state index in [4.69, 9.17) is 0 Å². The molecular weight excluding hydrogens is 258 g/mol. The fourth-order valence-corrected chi connectivity index (χ4v) is 1.44. The number of azo groups is 1. The predicted molar refractivity (Wildman–Crippen MR) is 60.0 cm³/mol. The van der Waals surface area contributed by atoms with Crippen LogP contribution in [0, 0.1) is 10.1 Å². The Morgan fingerprint density at radius 3 is 2.95 bits per heavy atom. The molecule has 11 heteroatoms. The fourth-order valence-electron chi connectivity index (χ4n) is 1.44. The van der Waals surface area contributed by atoms with E-state index in [9.17, 15) is 20.0 Å². The Kier molecular flexibility index (Phi) is 3.04. The van der Waals surface area contributed by atoms with Crippen LogP contribution >= 0.6 is 0 Å². The van der Waals surface area contributed by atoms with Crippen molar-refractivity contribution in [3.8, 4) is 0 Å². The van der Waals surface area contributed by atoms with E-state index in [1.165, 1.54) is 11.6 Å². The van der Waals surface area contributed by atoms with Gasteiger partial charge in [-0.15, -0.1) is 10.2 Å². The van der Waals surface area contributed by atoms with Crippen molar-refractivity contribution in [1.29, 1.82) is 0 Å². The molecule has 0 radical (unpaired) electrons. The number of hydrogen-bond donors (Lipinski definition) is 2. The van der Waals surface area contributed by atoms with Crippen LogP contribution in [0.5, 0.6) is 0 Å². The molecule has 0 saturated heterocycles. The summed E-state index contributed by atoms with van der Waals surface area (Å²) in [4.78, 5) is 28.8. The highest BCUT2D eigenvalue weighted by Crippen LogP contribution is 2.13. The molecule has 1 aromatic rings. The van der Waals surface area contributed by atoms with E-state index in [1.807, 2.05) is 0 Å². The second-order valence-corrected chi connectivity index (χ2v) is 3.67. The third kappa shape index (κ3) is 2.60. The van der Waals surface area contributed by atoms with Crippen LogP contribution in [0.2, 0.25) is 0 Å². The number of aromatic nitrogens is 2. The summed E-state index contributed by atoms with van der Waals surface area (Å²) < 4.78 is 1.17. The van der Waals surface area contributed by atoms with Gasteiger partial charge in [-0.25, -0.2) is 9.55 Å². The normalized spacial score (nSPS) is 20.7. The SMILES string of the molecule is Cn1c([N+](=O)[O-])cnc1CC(=O)NC1(O)N=CN=N1. The van der Waals surface area contributed by atoms with Crippen molar-refractivity contribution in [2.24, 2.45) is 22.3 Å². The maximum atomic E-state index is 11.6. The summed E-state index contributed by atoms with van der Waals surface area (Å²) >= 11 is 0. The standard InChI is InChI=1S/C8H9N7O4/c1-14-5(9-3-7(14)15(18)19)2-6(16)12-8(17)10-4-11-13-8/h3-4,17H,2H2,1H3,(H,12,16). The maximum Gasteiger partial charge on any atom is 0.362 e. The minimum atomic E-state index is -2.10. The molecule has 1 aliphatic heterocycles. The Hall–Kier alpha value is -2.69. The van der Waals surface area contributed by atoms with Crippen molar-refractivity contribution in [3.63, 3.8) is 0 Å². The van der Waals surface area contributed by atoms with Gasteiger partial charge in [0.15, 0.2) is 0 Å². The fraction of sp³-hybridized carbons (Fsp3) is 0.375. The van der Waals surface area contributed by atoms with E-state index in [1.54, 1.807) is 0 Å². The van der Waals surface area contributed by atoms with Crippen LogP contribution in [-0.2, 0) is 18.3 Å². The van der Waals surface area contributed by atoms with E-state index in [0.717, 1.165) is 12.5 Å². The number of nitro groups is 1. The number of nitrogens with zero attached hydrogens (tertiary/aromatic N) is 6. The molecule has 1 unspecified atom stereocenters. The first-order valence-corrected chi connectivity index (χ1v) is 5.05. The summed E-state index contributed by atoms with van der Waals surface area (Å²) in [6.45, 7) is 0. The van der Waals surface area contributed by atoms with Crippen LogP contribution in [-0.4, -0.2) is 37.8 Å². The van der Waals surface area contributed by atoms with Gasteiger partial charge in [-0.05, 0) is 4.92 Å². The number of amides is 1. The number of hydrogen-bond acceptors (Lipinski definition) is 8. The number of carbonyl (C=O) groups is 1. The molecule has 1 aromatic heterocycles. The Balaban J connectivity index is 2.05. The molecule has 1 atom stereocenters. The van der Waals surface area contributed by atoms with Gasteiger partial charge in [0.2, 0.25) is 11.7 Å². The Bertz CT molecular complexity index is 578. The van der Waals surface area contributed by atoms with Crippen LogP contribution in [0.3, 0.4) is 0 Å². The van der Waals surface area contributed by atoms with Crippen LogP contribution < -0.4 is 5.32 Å². The van der Waals surface area contributed by atoms with Gasteiger partial charge in [0.05, 0.1) is 7.05 Å². The van der Waals surface area contributed by atoms with Crippen molar-refractivity contribution >= 4 is 18.1 Å². The molecule has 0 aromatic carbocycles. The van der Waals surface area contributed by atoms with Gasteiger partial charge in [0.1, 0.15) is 19.0 Å². The molecule has 2 N–H and O–H groups in total. The molecular formula is C8H9N7O4. The molecule has 2 heterocycles. The van der Waals surface area contributed by atoms with E-state index in [-0.39, 0.29) is 18.1 Å². The predicted octanol–water partition coefficient (Wildman–Crippen LogP) is -0.915. The van der Waals surface area contributed by atoms with E-state index in [2.05, 4.69) is 25.5 Å². The minimum absolute atomic E-state index is 0.173. The Morgan fingerprint density at radius 2 is 2.42 bits per heavy atom. The maximum absolute atomic E-state index is 11.6. The van der Waals surface area contributed by atoms with Crippen LogP contribution in [0.25, 0.3) is 0 Å². The average molecular weight is 267 g/mol. The zero-order chi connectivity index (χ0) is 14.0. The molecule has 2 rings (SSSR count). The monoisotopic (exact) mass is 267 g/mol. The van der Waals surface area contributed by atoms with Gasteiger partial charge < -0.3 is 15.2 Å². The summed E-state index contributed by atoms with van der Waals surface area (Å²) in [6, 6.07) is 0. The van der Waals surface area contributed by atoms with Gasteiger partial charge >= 0.3 is 11.8 Å². The van der Waals surface area contributed by atoms with Gasteiger partial charge in [0.25, 0.3) is 0 Å². The van der Waals surface area contributed by atoms with Crippen molar-refractivity contribution in [3.05, 3.63) is 22.1 Å². The highest BCUT2D eigenvalue weighted by Gasteiger charge is 2.31. The molecule has 0 spiro atoms. The third-order valence-electron chi connectivity index (χ3n) is 2.36. The highest BCUT2D eigenvalue weighted by atomic mass is 16.6. The van der Waals surface area contributed by atoms with Crippen molar-refractivity contribution < 1.29 is 14.8 Å². The van der Waals surface area contributed by atoms with Crippen molar-refractivity contribution in [2.75, 3.05) is 0 Å². The second-order valence-electron chi connectivity index (χ2n) is 3.67. The minimum Gasteiger partial charge on any atom is -0.358 e. The second kappa shape index (κ2) is 4.53. The lowest BCUT2D eigenvalue weighted by Crippen LogP contribution is -2.45. The van der Waals surface area contributed by atoms with Gasteiger partial charge in [-0.1, -0.05) is 0 Å². The highest BCUT2D eigenvalue weighted by molar-refractivity contribution is 5.78. The van der Waals surface area contributed by atoms with Crippen molar-refractivity contribution in [1.82, 2.24) is 14.9 Å². The first-order valence-electron chi connectivity index (χ1n) is 5.05. The van der Waals surface area contributed by atoms with Crippen LogP contribution in [0.1, 0.15) is 5.82 Å². The molecule has 1 aliphatic rings. The van der Waals surface area contributed by atoms with E-state index < -0.39 is 16.8 Å². The summed E-state index contributed by atoms with van der Waals surface area (Å²) in [5.41, 5.74) is 0. The molecule has 0 fully saturated rings. The molecule has 0 aliphatic carbocycles. The number of aliphatic imine (C=N–C) groups is 1. The Labute approximate surface area is 105 Å². The lowest BCUT2D eigenvalue weighted by atomic mass is 10.3. The first-order chi connectivity index (χ1) is 8.91. The summed E-state index contributed by atoms with van der Waals surface area (Å²) in [5, 5.41) is 28.9. The molecule has 19 heavy (non-hydrogen) atoms. The topological polar surface area (TPSA) is 147 Å². The molecule has 0 saturated carbocycles. The summed E-state index contributed by atoms with van der Waals surface area (Å²) in [5.74, 6) is -2.82. The third-order valence-corrected chi connectivity index (χ3v) is 2.36. The summed E-state index contributed by atoms with van der Waals surface area (Å²) in [7, 11) is 1.41. The Morgan fingerprint density at radius 1 is 1.68 bits per heavy atom. The van der Waals surface area contributed by atoms with E-state index in [0.29, 0.717) is 0 Å². The number of aliphatic hydroxyl groups is 1. The van der Waals surface area contributed by atoms with Gasteiger partial charge in [-0.3, -0.25) is 10.1 Å². The molecule has 0 bridgehead atoms. The zero-order valence-electron chi connectivity index (χ0n) is 9.72. The van der Waals surface area contributed by atoms with Crippen LogP contribution in [0.15, 0.2) is 21.4 Å². The zero-order valence-corrected chi connectivity index (χ0v) is 9.72. The van der Waals surface area contributed by atoms with Gasteiger partial charge in [-0.2, -0.15) is 4.99 Å². The van der Waals surface area contributed by atoms with Crippen molar-refractivity contribution in [2.45, 2.75) is 12.4 Å². The number of imidazole rings is 1. The quantitative estimate of drug-likeness (QED) is 0.411. The summed E-state index contributed by atoms with van der Waals surface area (Å²) in [6.07, 6.45) is 1.77. The first kappa shape index (κ1) is 12.8. The molecule has 1 amide bonds. The largest absolute Gasteiger partial charge is 0.362 e. The average Bonchev–Trinajstić information content (AvgIpc) is 2.87. The smallest absolute Gasteiger partial charge is 0.358 e. The number of rotatable bonds is 4. The molecule has 11 nitrogen and oxygen atoms in total. The molecule has 100 valence electrons.